The van der Waals surface area contributed by atoms with Crippen molar-refractivity contribution >= 4 is 35.1 Å². The zero-order valence-corrected chi connectivity index (χ0v) is 19.7. The Balaban J connectivity index is 1.13. The molecule has 0 aromatic heterocycles. The van der Waals surface area contributed by atoms with Gasteiger partial charge in [0, 0.05) is 18.7 Å². The number of esters is 1. The number of para-hydroxylation sites is 1. The molecule has 5 atom stereocenters. The molecular weight excluding hydrogens is 444 g/mol. The van der Waals surface area contributed by atoms with E-state index in [1.807, 2.05) is 31.2 Å². The van der Waals surface area contributed by atoms with Crippen LogP contribution in [0.15, 0.2) is 48.5 Å². The van der Waals surface area contributed by atoms with Crippen molar-refractivity contribution in [1.29, 1.82) is 0 Å². The summed E-state index contributed by atoms with van der Waals surface area (Å²) < 4.78 is 5.57. The molecule has 7 heteroatoms. The van der Waals surface area contributed by atoms with Crippen molar-refractivity contribution in [3.8, 4) is 5.75 Å². The predicted molar refractivity (Wildman–Crippen MR) is 129 cm³/mol. The third kappa shape index (κ3) is 3.48. The highest BCUT2D eigenvalue weighted by Gasteiger charge is 2.61. The summed E-state index contributed by atoms with van der Waals surface area (Å²) in [6.07, 6.45) is 3.99. The van der Waals surface area contributed by atoms with Crippen LogP contribution in [0.4, 0.5) is 11.4 Å². The van der Waals surface area contributed by atoms with Crippen LogP contribution >= 0.6 is 0 Å². The van der Waals surface area contributed by atoms with Crippen LogP contribution in [-0.2, 0) is 25.6 Å². The fourth-order valence-electron chi connectivity index (χ4n) is 6.70. The molecule has 2 aliphatic carbocycles. The van der Waals surface area contributed by atoms with E-state index < -0.39 is 11.9 Å². The molecule has 2 heterocycles. The summed E-state index contributed by atoms with van der Waals surface area (Å²) in [4.78, 5) is 54.5. The van der Waals surface area contributed by atoms with Crippen molar-refractivity contribution in [2.24, 2.45) is 29.6 Å². The molecule has 2 bridgehead atoms. The van der Waals surface area contributed by atoms with Gasteiger partial charge in [-0.3, -0.25) is 24.1 Å². The van der Waals surface area contributed by atoms with Crippen molar-refractivity contribution in [1.82, 2.24) is 0 Å². The smallest absolute Gasteiger partial charge is 0.316 e. The molecule has 2 aromatic carbocycles. The maximum Gasteiger partial charge on any atom is 0.316 e. The van der Waals surface area contributed by atoms with Gasteiger partial charge in [-0.15, -0.1) is 0 Å². The number of hydrogen-bond donors (Lipinski definition) is 0. The number of imide groups is 1. The van der Waals surface area contributed by atoms with Gasteiger partial charge in [-0.25, -0.2) is 0 Å². The molecule has 3 amide bonds. The number of carbonyl (C=O) groups excluding carboxylic acids is 4. The molecule has 0 radical (unpaired) electrons. The van der Waals surface area contributed by atoms with E-state index in [1.165, 1.54) is 4.90 Å². The lowest BCUT2D eigenvalue weighted by molar-refractivity contribution is -0.139. The van der Waals surface area contributed by atoms with E-state index in [4.69, 9.17) is 4.74 Å². The highest BCUT2D eigenvalue weighted by molar-refractivity contribution is 6.22. The second-order valence-corrected chi connectivity index (χ2v) is 10.2. The Morgan fingerprint density at radius 2 is 1.60 bits per heavy atom. The maximum atomic E-state index is 13.0. The molecular formula is C28H28N2O5. The molecule has 4 fully saturated rings. The fourth-order valence-corrected chi connectivity index (χ4v) is 6.70. The van der Waals surface area contributed by atoms with Crippen LogP contribution in [0, 0.1) is 29.6 Å². The van der Waals surface area contributed by atoms with Crippen LogP contribution in [0.2, 0.25) is 0 Å². The van der Waals surface area contributed by atoms with Crippen LogP contribution < -0.4 is 14.5 Å². The molecule has 4 aliphatic rings. The Hall–Kier alpha value is -3.48. The van der Waals surface area contributed by atoms with Gasteiger partial charge in [-0.1, -0.05) is 25.1 Å². The van der Waals surface area contributed by atoms with Crippen LogP contribution in [0.5, 0.6) is 5.75 Å². The predicted octanol–water partition coefficient (Wildman–Crippen LogP) is 3.74. The van der Waals surface area contributed by atoms with Gasteiger partial charge >= 0.3 is 5.97 Å². The fraction of sp³-hybridized carbons (Fsp3) is 0.429. The minimum Gasteiger partial charge on any atom is -0.426 e. The number of anilines is 2. The van der Waals surface area contributed by atoms with E-state index in [-0.39, 0.29) is 42.5 Å². The topological polar surface area (TPSA) is 84.0 Å². The van der Waals surface area contributed by atoms with Gasteiger partial charge < -0.3 is 9.64 Å². The number of rotatable bonds is 5. The first kappa shape index (κ1) is 22.0. The third-order valence-electron chi connectivity index (χ3n) is 8.36. The number of fused-ring (bicyclic) bond motifs is 5. The number of ether oxygens (including phenoxy) is 1. The van der Waals surface area contributed by atoms with Gasteiger partial charge in [0.25, 0.3) is 0 Å². The van der Waals surface area contributed by atoms with Gasteiger partial charge in [0.1, 0.15) is 5.75 Å². The van der Waals surface area contributed by atoms with E-state index in [0.29, 0.717) is 23.3 Å². The zero-order valence-electron chi connectivity index (χ0n) is 19.7. The van der Waals surface area contributed by atoms with Gasteiger partial charge in [0.2, 0.25) is 17.7 Å². The highest BCUT2D eigenvalue weighted by atomic mass is 16.5. The Kier molecular flexibility index (Phi) is 5.24. The second kappa shape index (κ2) is 8.33. The minimum atomic E-state index is -0.552. The van der Waals surface area contributed by atoms with Gasteiger partial charge in [0.15, 0.2) is 0 Å². The molecule has 7 nitrogen and oxygen atoms in total. The van der Waals surface area contributed by atoms with Gasteiger partial charge in [-0.2, -0.15) is 0 Å². The lowest BCUT2D eigenvalue weighted by Crippen LogP contribution is -2.32. The molecule has 180 valence electrons. The molecule has 35 heavy (non-hydrogen) atoms. The summed E-state index contributed by atoms with van der Waals surface area (Å²) in [5.74, 6) is -0.603. The molecule has 2 aromatic rings. The standard InChI is InChI=1S/C28H28N2O5/c1-2-16-5-3-4-6-22(16)29-15-19(14-23(29)31)28(34)35-21-11-9-20(10-12-21)30-26(32)24-17-7-8-18(13-17)25(24)27(30)33/h3-6,9-12,17-19,24-25H,2,7-8,13-15H2,1H3/t17-,18-,19+,24-,25+/m0/s1. The number of amides is 3. The van der Waals surface area contributed by atoms with Crippen molar-refractivity contribution in [2.75, 3.05) is 16.3 Å². The Morgan fingerprint density at radius 1 is 0.943 bits per heavy atom. The van der Waals surface area contributed by atoms with Gasteiger partial charge in [-0.05, 0) is 73.4 Å². The van der Waals surface area contributed by atoms with Crippen LogP contribution in [0.3, 0.4) is 0 Å². The van der Waals surface area contributed by atoms with E-state index in [0.717, 1.165) is 36.9 Å². The monoisotopic (exact) mass is 472 g/mol. The molecule has 2 saturated heterocycles. The Labute approximate surface area is 204 Å². The number of aryl methyl sites for hydroxylation is 1. The van der Waals surface area contributed by atoms with Crippen molar-refractivity contribution in [3.05, 3.63) is 54.1 Å². The molecule has 2 aliphatic heterocycles. The van der Waals surface area contributed by atoms with Crippen LogP contribution in [0.1, 0.15) is 38.2 Å². The average Bonchev–Trinajstić information content (AvgIpc) is 3.63. The summed E-state index contributed by atoms with van der Waals surface area (Å²) in [6, 6.07) is 14.3. The van der Waals surface area contributed by atoms with Crippen molar-refractivity contribution in [3.63, 3.8) is 0 Å². The SMILES string of the molecule is CCc1ccccc1N1C[C@H](C(=O)Oc2ccc(N3C(=O)[C@@H]4[C@H]5CC[C@@H](C5)[C@@H]4C3=O)cc2)CC1=O. The van der Waals surface area contributed by atoms with Crippen LogP contribution in [0.25, 0.3) is 0 Å². The van der Waals surface area contributed by atoms with E-state index in [9.17, 15) is 19.2 Å². The minimum absolute atomic E-state index is 0.0890. The number of benzene rings is 2. The third-order valence-corrected chi connectivity index (χ3v) is 8.36. The number of nitrogens with zero attached hydrogens (tertiary/aromatic N) is 2. The zero-order chi connectivity index (χ0) is 24.3. The molecule has 0 spiro atoms. The Morgan fingerprint density at radius 3 is 2.26 bits per heavy atom. The summed E-state index contributed by atoms with van der Waals surface area (Å²) in [5, 5.41) is 0. The van der Waals surface area contributed by atoms with E-state index in [1.54, 1.807) is 29.2 Å². The summed E-state index contributed by atoms with van der Waals surface area (Å²) in [6.45, 7) is 2.32. The molecule has 6 rings (SSSR count). The number of hydrogen-bond acceptors (Lipinski definition) is 5. The first-order valence-electron chi connectivity index (χ1n) is 12.5. The van der Waals surface area contributed by atoms with Gasteiger partial charge in [0.05, 0.1) is 23.4 Å². The maximum absolute atomic E-state index is 13.0. The first-order chi connectivity index (χ1) is 17.0. The molecule has 0 N–H and O–H groups in total. The molecule has 0 unspecified atom stereocenters. The summed E-state index contributed by atoms with van der Waals surface area (Å²) in [7, 11) is 0. The largest absolute Gasteiger partial charge is 0.426 e. The second-order valence-electron chi connectivity index (χ2n) is 10.2. The summed E-state index contributed by atoms with van der Waals surface area (Å²) >= 11 is 0. The van der Waals surface area contributed by atoms with Crippen LogP contribution in [-0.4, -0.2) is 30.2 Å². The molecule has 2 saturated carbocycles. The summed E-state index contributed by atoms with van der Waals surface area (Å²) in [5.41, 5.74) is 2.43. The van der Waals surface area contributed by atoms with E-state index >= 15 is 0 Å². The lowest BCUT2D eigenvalue weighted by Gasteiger charge is -2.20. The number of carbonyl (C=O) groups is 4. The quantitative estimate of drug-likeness (QED) is 0.376. The Bertz CT molecular complexity index is 1190. The normalized spacial score (nSPS) is 29.3. The van der Waals surface area contributed by atoms with Crippen molar-refractivity contribution < 1.29 is 23.9 Å². The average molecular weight is 473 g/mol. The van der Waals surface area contributed by atoms with E-state index in [2.05, 4.69) is 0 Å². The highest BCUT2D eigenvalue weighted by Crippen LogP contribution is 2.56. The van der Waals surface area contributed by atoms with Crippen molar-refractivity contribution in [2.45, 2.75) is 39.0 Å². The lowest BCUT2D eigenvalue weighted by atomic mass is 9.81. The first-order valence-corrected chi connectivity index (χ1v) is 12.5.